The number of aliphatic hydroxyl groups is 1. The van der Waals surface area contributed by atoms with E-state index in [9.17, 15) is 5.11 Å². The molecule has 112 valence electrons. The van der Waals surface area contributed by atoms with Gasteiger partial charge in [0.1, 0.15) is 0 Å². The van der Waals surface area contributed by atoms with Gasteiger partial charge in [0.15, 0.2) is 0 Å². The second-order valence-corrected chi connectivity index (χ2v) is 5.87. The third-order valence-electron chi connectivity index (χ3n) is 3.76. The van der Waals surface area contributed by atoms with Crippen LogP contribution in [0.5, 0.6) is 0 Å². The molecule has 1 aliphatic rings. The number of aliphatic hydroxyl groups excluding tert-OH is 1. The summed E-state index contributed by atoms with van der Waals surface area (Å²) in [4.78, 5) is 2.25. The Hall–Kier alpha value is -1.43. The largest absolute Gasteiger partial charge is 0.419 e. The van der Waals surface area contributed by atoms with Crippen LogP contribution in [0.15, 0.2) is 28.7 Å². The van der Waals surface area contributed by atoms with E-state index in [1.807, 2.05) is 24.3 Å². The molecule has 1 aromatic carbocycles. The van der Waals surface area contributed by atoms with E-state index in [0.29, 0.717) is 29.3 Å². The van der Waals surface area contributed by atoms with Crippen LogP contribution in [0.25, 0.3) is 11.5 Å². The Morgan fingerprint density at radius 2 is 2.29 bits per heavy atom. The van der Waals surface area contributed by atoms with Gasteiger partial charge in [0.05, 0.1) is 6.54 Å². The number of halogens is 1. The van der Waals surface area contributed by atoms with Crippen LogP contribution in [0.3, 0.4) is 0 Å². The fourth-order valence-corrected chi connectivity index (χ4v) is 2.88. The summed E-state index contributed by atoms with van der Waals surface area (Å²) in [6, 6.07) is 7.37. The Morgan fingerprint density at radius 1 is 1.38 bits per heavy atom. The van der Waals surface area contributed by atoms with Gasteiger partial charge in [0, 0.05) is 23.7 Å². The molecule has 2 aromatic rings. The van der Waals surface area contributed by atoms with Crippen LogP contribution in [0, 0.1) is 5.92 Å². The van der Waals surface area contributed by atoms with E-state index in [1.165, 1.54) is 0 Å². The molecule has 0 spiro atoms. The van der Waals surface area contributed by atoms with Crippen LogP contribution >= 0.6 is 11.6 Å². The summed E-state index contributed by atoms with van der Waals surface area (Å²) in [6.45, 7) is 2.76. The van der Waals surface area contributed by atoms with Crippen LogP contribution in [0.4, 0.5) is 0 Å². The summed E-state index contributed by atoms with van der Waals surface area (Å²) in [5.74, 6) is 1.45. The molecule has 1 unspecified atom stereocenters. The minimum absolute atomic E-state index is 0.244. The number of benzene rings is 1. The van der Waals surface area contributed by atoms with E-state index in [4.69, 9.17) is 16.0 Å². The lowest BCUT2D eigenvalue weighted by Crippen LogP contribution is -2.36. The van der Waals surface area contributed by atoms with Gasteiger partial charge in [-0.3, -0.25) is 4.90 Å². The second kappa shape index (κ2) is 6.56. The first-order valence-corrected chi connectivity index (χ1v) is 7.54. The minimum atomic E-state index is 0.244. The number of likely N-dealkylation sites (tertiary alicyclic amines) is 1. The highest BCUT2D eigenvalue weighted by molar-refractivity contribution is 6.30. The van der Waals surface area contributed by atoms with E-state index in [2.05, 4.69) is 15.1 Å². The van der Waals surface area contributed by atoms with Gasteiger partial charge in [-0.05, 0) is 43.5 Å². The molecule has 6 heteroatoms. The predicted molar refractivity (Wildman–Crippen MR) is 79.8 cm³/mol. The second-order valence-electron chi connectivity index (χ2n) is 5.44. The molecule has 1 atom stereocenters. The van der Waals surface area contributed by atoms with Gasteiger partial charge < -0.3 is 9.52 Å². The highest BCUT2D eigenvalue weighted by Gasteiger charge is 2.21. The first kappa shape index (κ1) is 14.5. The average molecular weight is 308 g/mol. The topological polar surface area (TPSA) is 62.4 Å². The summed E-state index contributed by atoms with van der Waals surface area (Å²) in [6.07, 6.45) is 2.19. The van der Waals surface area contributed by atoms with E-state index >= 15 is 0 Å². The van der Waals surface area contributed by atoms with Crippen molar-refractivity contribution >= 4 is 11.6 Å². The van der Waals surface area contributed by atoms with Crippen molar-refractivity contribution in [2.75, 3.05) is 19.7 Å². The van der Waals surface area contributed by atoms with Crippen LogP contribution in [-0.2, 0) is 6.54 Å². The molecule has 21 heavy (non-hydrogen) atoms. The molecule has 1 aromatic heterocycles. The van der Waals surface area contributed by atoms with Gasteiger partial charge in [0.2, 0.25) is 11.8 Å². The van der Waals surface area contributed by atoms with Crippen LogP contribution in [0.1, 0.15) is 18.7 Å². The molecule has 0 aliphatic carbocycles. The van der Waals surface area contributed by atoms with Crippen molar-refractivity contribution < 1.29 is 9.52 Å². The van der Waals surface area contributed by atoms with Crippen molar-refractivity contribution in [3.63, 3.8) is 0 Å². The summed E-state index contributed by atoms with van der Waals surface area (Å²) in [7, 11) is 0. The van der Waals surface area contributed by atoms with Gasteiger partial charge in [-0.2, -0.15) is 0 Å². The van der Waals surface area contributed by atoms with Gasteiger partial charge >= 0.3 is 0 Å². The molecule has 2 heterocycles. The number of piperidine rings is 1. The third kappa shape index (κ3) is 3.61. The average Bonchev–Trinajstić information content (AvgIpc) is 2.96. The smallest absolute Gasteiger partial charge is 0.247 e. The Labute approximate surface area is 128 Å². The zero-order valence-electron chi connectivity index (χ0n) is 11.7. The zero-order chi connectivity index (χ0) is 14.7. The first-order valence-electron chi connectivity index (χ1n) is 7.16. The van der Waals surface area contributed by atoms with Gasteiger partial charge in [0.25, 0.3) is 0 Å². The van der Waals surface area contributed by atoms with E-state index in [1.54, 1.807) is 0 Å². The lowest BCUT2D eigenvalue weighted by Gasteiger charge is -2.30. The van der Waals surface area contributed by atoms with E-state index < -0.39 is 0 Å². The molecular formula is C15H18ClN3O2. The number of hydrogen-bond donors (Lipinski definition) is 1. The summed E-state index contributed by atoms with van der Waals surface area (Å²) >= 11 is 5.97. The van der Waals surface area contributed by atoms with Crippen molar-refractivity contribution in [1.29, 1.82) is 0 Å². The lowest BCUT2D eigenvalue weighted by atomic mass is 9.99. The molecule has 0 saturated carbocycles. The Morgan fingerprint density at radius 3 is 3.10 bits per heavy atom. The van der Waals surface area contributed by atoms with Crippen molar-refractivity contribution in [1.82, 2.24) is 15.1 Å². The van der Waals surface area contributed by atoms with Gasteiger partial charge in [-0.15, -0.1) is 10.2 Å². The molecule has 1 saturated heterocycles. The number of hydrogen-bond acceptors (Lipinski definition) is 5. The Bertz CT molecular complexity index is 602. The Kier molecular flexibility index (Phi) is 4.53. The zero-order valence-corrected chi connectivity index (χ0v) is 12.5. The fourth-order valence-electron chi connectivity index (χ4n) is 2.69. The maximum absolute atomic E-state index is 9.26. The summed E-state index contributed by atoms with van der Waals surface area (Å²) < 4.78 is 5.71. The minimum Gasteiger partial charge on any atom is -0.419 e. The quantitative estimate of drug-likeness (QED) is 0.940. The SMILES string of the molecule is OCC1CCCN(Cc2nnc(-c3cccc(Cl)c3)o2)C1. The fraction of sp³-hybridized carbons (Fsp3) is 0.467. The molecule has 0 radical (unpaired) electrons. The normalized spacial score (nSPS) is 19.8. The molecule has 5 nitrogen and oxygen atoms in total. The number of aromatic nitrogens is 2. The lowest BCUT2D eigenvalue weighted by molar-refractivity contribution is 0.109. The third-order valence-corrected chi connectivity index (χ3v) is 3.99. The summed E-state index contributed by atoms with van der Waals surface area (Å²) in [5, 5.41) is 18.1. The molecule has 0 bridgehead atoms. The highest BCUT2D eigenvalue weighted by atomic mass is 35.5. The molecule has 1 fully saturated rings. The first-order chi connectivity index (χ1) is 10.2. The van der Waals surface area contributed by atoms with E-state index in [0.717, 1.165) is 31.5 Å². The maximum atomic E-state index is 9.26. The van der Waals surface area contributed by atoms with Crippen molar-refractivity contribution in [3.8, 4) is 11.5 Å². The molecule has 0 amide bonds. The maximum Gasteiger partial charge on any atom is 0.247 e. The van der Waals surface area contributed by atoms with Crippen LogP contribution in [-0.4, -0.2) is 39.9 Å². The predicted octanol–water partition coefficient (Wildman–Crippen LogP) is 2.59. The van der Waals surface area contributed by atoms with Crippen molar-refractivity contribution in [2.24, 2.45) is 5.92 Å². The monoisotopic (exact) mass is 307 g/mol. The molecule has 3 rings (SSSR count). The van der Waals surface area contributed by atoms with Crippen LogP contribution < -0.4 is 0 Å². The number of nitrogens with zero attached hydrogens (tertiary/aromatic N) is 3. The van der Waals surface area contributed by atoms with Crippen molar-refractivity contribution in [3.05, 3.63) is 35.2 Å². The highest BCUT2D eigenvalue weighted by Crippen LogP contribution is 2.23. The van der Waals surface area contributed by atoms with Gasteiger partial charge in [-0.25, -0.2) is 0 Å². The molecular weight excluding hydrogens is 290 g/mol. The van der Waals surface area contributed by atoms with E-state index in [-0.39, 0.29) is 6.61 Å². The van der Waals surface area contributed by atoms with Gasteiger partial charge in [-0.1, -0.05) is 17.7 Å². The number of rotatable bonds is 4. The molecule has 1 N–H and O–H groups in total. The van der Waals surface area contributed by atoms with Crippen molar-refractivity contribution in [2.45, 2.75) is 19.4 Å². The Balaban J connectivity index is 1.68. The standard InChI is InChI=1S/C15H18ClN3O2/c16-13-5-1-4-12(7-13)15-18-17-14(21-15)9-19-6-2-3-11(8-19)10-20/h1,4-5,7,11,20H,2-3,6,8-10H2. The van der Waals surface area contributed by atoms with Crippen LogP contribution in [0.2, 0.25) is 5.02 Å². The molecule has 1 aliphatic heterocycles. The summed E-state index contributed by atoms with van der Waals surface area (Å²) in [5.41, 5.74) is 0.827.